The average Bonchev–Trinajstić information content (AvgIpc) is 3.16. The summed E-state index contributed by atoms with van der Waals surface area (Å²) in [5.74, 6) is 1.20. The second-order valence-electron chi connectivity index (χ2n) is 12.8. The lowest BCUT2D eigenvalue weighted by molar-refractivity contribution is -0.109. The highest BCUT2D eigenvalue weighted by molar-refractivity contribution is 5.82. The van der Waals surface area contributed by atoms with Gasteiger partial charge in [0.15, 0.2) is 0 Å². The number of amides is 2. The highest BCUT2D eigenvalue weighted by Crippen LogP contribution is 2.45. The van der Waals surface area contributed by atoms with Crippen molar-refractivity contribution in [3.8, 4) is 5.75 Å². The zero-order valence-electron chi connectivity index (χ0n) is 29.2. The lowest BCUT2D eigenvalue weighted by Crippen LogP contribution is -2.53. The predicted octanol–water partition coefficient (Wildman–Crippen LogP) is 6.77. The molecule has 0 N–H and O–H groups in total. The Bertz CT molecular complexity index is 1190. The molecule has 0 aromatic heterocycles. The number of rotatable bonds is 12. The second kappa shape index (κ2) is 17.5. The number of allylic oxidation sites excluding steroid dienone is 5. The molecule has 1 unspecified atom stereocenters. The number of likely N-dealkylation sites (tertiary alicyclic amines) is 1. The molecule has 2 aliphatic rings. The van der Waals surface area contributed by atoms with Gasteiger partial charge >= 0.3 is 6.03 Å². The molecule has 0 bridgehead atoms. The molecule has 246 valence electrons. The number of hydrogen-bond donors (Lipinski definition) is 0. The van der Waals surface area contributed by atoms with E-state index in [0.29, 0.717) is 32.2 Å². The number of methoxy groups -OCH3 is 3. The molecule has 2 heterocycles. The SMILES string of the molecule is CC(C)=C/C(C)=C\C(C)C=O.COCCN1C(=O)N(Cc2cc(COC)cc(OC)c2C)/C(=C\C(C)C)C12CCN(C)CC2. The van der Waals surface area contributed by atoms with Crippen LogP contribution < -0.4 is 4.74 Å². The quantitative estimate of drug-likeness (QED) is 0.192. The monoisotopic (exact) mass is 611 g/mol. The van der Waals surface area contributed by atoms with Crippen LogP contribution in [0.25, 0.3) is 0 Å². The fraction of sp³-hybridized carbons (Fsp3) is 0.611. The number of piperidine rings is 1. The minimum absolute atomic E-state index is 0.0330. The van der Waals surface area contributed by atoms with E-state index in [2.05, 4.69) is 55.8 Å². The van der Waals surface area contributed by atoms with Gasteiger partial charge in [0.1, 0.15) is 12.0 Å². The van der Waals surface area contributed by atoms with Crippen molar-refractivity contribution in [2.45, 2.75) is 80.0 Å². The first kappa shape index (κ1) is 37.2. The largest absolute Gasteiger partial charge is 0.496 e. The lowest BCUT2D eigenvalue weighted by Gasteiger charge is -2.43. The standard InChI is InChI=1S/C26H41N3O4.C10H16O/c1-19(2)14-24-26(8-10-27(4)11-9-26)29(12-13-31-5)25(30)28(24)17-22-15-21(18-32-6)16-23(33-7)20(22)3;1-8(2)5-9(3)6-10(4)7-11/h14-16,19H,8-13,17-18H2,1-7H3;5-7,10H,1-4H3/b24-14-;9-6-. The van der Waals surface area contributed by atoms with Gasteiger partial charge in [-0.15, -0.1) is 0 Å². The molecule has 0 radical (unpaired) electrons. The Kier molecular flexibility index (Phi) is 14.8. The van der Waals surface area contributed by atoms with Crippen molar-refractivity contribution in [2.24, 2.45) is 11.8 Å². The number of urea groups is 1. The maximum atomic E-state index is 13.9. The topological polar surface area (TPSA) is 71.5 Å². The molecule has 2 fully saturated rings. The first-order valence-electron chi connectivity index (χ1n) is 15.8. The van der Waals surface area contributed by atoms with Crippen LogP contribution in [0, 0.1) is 18.8 Å². The number of hydrogen-bond acceptors (Lipinski definition) is 6. The van der Waals surface area contributed by atoms with E-state index in [-0.39, 0.29) is 17.5 Å². The first-order valence-corrected chi connectivity index (χ1v) is 15.8. The molecular weight excluding hydrogens is 554 g/mol. The molecule has 2 amide bonds. The maximum Gasteiger partial charge on any atom is 0.325 e. The van der Waals surface area contributed by atoms with Crippen LogP contribution >= 0.6 is 0 Å². The minimum Gasteiger partial charge on any atom is -0.496 e. The zero-order chi connectivity index (χ0) is 33.0. The van der Waals surface area contributed by atoms with E-state index in [0.717, 1.165) is 65.9 Å². The molecule has 0 aliphatic carbocycles. The Hall–Kier alpha value is -2.94. The summed E-state index contributed by atoms with van der Waals surface area (Å²) in [4.78, 5) is 30.6. The summed E-state index contributed by atoms with van der Waals surface area (Å²) in [6, 6.07) is 4.22. The number of carbonyl (C=O) groups is 2. The van der Waals surface area contributed by atoms with Gasteiger partial charge < -0.3 is 28.8 Å². The van der Waals surface area contributed by atoms with Crippen LogP contribution in [-0.2, 0) is 27.4 Å². The third-order valence-corrected chi connectivity index (χ3v) is 8.21. The Morgan fingerprint density at radius 2 is 1.70 bits per heavy atom. The van der Waals surface area contributed by atoms with Crippen molar-refractivity contribution in [3.63, 3.8) is 0 Å². The highest BCUT2D eigenvalue weighted by atomic mass is 16.5. The predicted molar refractivity (Wildman–Crippen MR) is 179 cm³/mol. The molecule has 0 saturated carbocycles. The van der Waals surface area contributed by atoms with Crippen molar-refractivity contribution in [2.75, 3.05) is 54.6 Å². The van der Waals surface area contributed by atoms with Crippen LogP contribution in [0.1, 0.15) is 71.1 Å². The highest BCUT2D eigenvalue weighted by Gasteiger charge is 2.54. The summed E-state index contributed by atoms with van der Waals surface area (Å²) >= 11 is 0. The van der Waals surface area contributed by atoms with Gasteiger partial charge in [-0.3, -0.25) is 4.90 Å². The van der Waals surface area contributed by atoms with E-state index in [9.17, 15) is 9.59 Å². The van der Waals surface area contributed by atoms with Gasteiger partial charge in [-0.2, -0.15) is 0 Å². The number of aldehydes is 1. The fourth-order valence-electron chi connectivity index (χ4n) is 6.10. The molecular formula is C36H57N3O5. The second-order valence-corrected chi connectivity index (χ2v) is 12.8. The summed E-state index contributed by atoms with van der Waals surface area (Å²) < 4.78 is 16.4. The van der Waals surface area contributed by atoms with E-state index in [1.165, 1.54) is 5.57 Å². The van der Waals surface area contributed by atoms with Gasteiger partial charge in [0.25, 0.3) is 0 Å². The van der Waals surface area contributed by atoms with Gasteiger partial charge in [-0.1, -0.05) is 56.2 Å². The van der Waals surface area contributed by atoms with E-state index in [4.69, 9.17) is 14.2 Å². The zero-order valence-corrected chi connectivity index (χ0v) is 29.2. The first-order chi connectivity index (χ1) is 20.8. The van der Waals surface area contributed by atoms with Gasteiger partial charge in [0.2, 0.25) is 0 Å². The molecule has 2 saturated heterocycles. The number of carbonyl (C=O) groups excluding carboxylic acids is 2. The number of benzene rings is 1. The Morgan fingerprint density at radius 3 is 2.23 bits per heavy atom. The van der Waals surface area contributed by atoms with Crippen LogP contribution in [-0.4, -0.2) is 87.2 Å². The minimum atomic E-state index is -0.283. The van der Waals surface area contributed by atoms with Crippen LogP contribution in [0.15, 0.2) is 47.2 Å². The summed E-state index contributed by atoms with van der Waals surface area (Å²) in [7, 11) is 7.23. The third-order valence-electron chi connectivity index (χ3n) is 8.21. The summed E-state index contributed by atoms with van der Waals surface area (Å²) in [6.45, 7) is 18.5. The number of ether oxygens (including phenoxy) is 3. The summed E-state index contributed by atoms with van der Waals surface area (Å²) in [5.41, 5.74) is 6.46. The summed E-state index contributed by atoms with van der Waals surface area (Å²) in [6.07, 6.45) is 9.13. The molecule has 8 nitrogen and oxygen atoms in total. The summed E-state index contributed by atoms with van der Waals surface area (Å²) in [5, 5.41) is 0. The third kappa shape index (κ3) is 9.78. The Balaban J connectivity index is 0.000000523. The van der Waals surface area contributed by atoms with Crippen molar-refractivity contribution in [3.05, 3.63) is 63.9 Å². The maximum absolute atomic E-state index is 13.9. The number of nitrogens with zero attached hydrogens (tertiary/aromatic N) is 3. The molecule has 44 heavy (non-hydrogen) atoms. The lowest BCUT2D eigenvalue weighted by atomic mass is 9.82. The Labute approximate surface area is 266 Å². The van der Waals surface area contributed by atoms with Gasteiger partial charge in [0.05, 0.1) is 32.4 Å². The van der Waals surface area contributed by atoms with E-state index in [1.54, 1.807) is 21.3 Å². The van der Waals surface area contributed by atoms with Crippen LogP contribution in [0.4, 0.5) is 4.79 Å². The molecule has 8 heteroatoms. The van der Waals surface area contributed by atoms with Gasteiger partial charge in [0, 0.05) is 45.5 Å². The van der Waals surface area contributed by atoms with E-state index >= 15 is 0 Å². The molecule has 1 aromatic carbocycles. The van der Waals surface area contributed by atoms with Gasteiger partial charge in [-0.05, 0) is 76.3 Å². The fourth-order valence-corrected chi connectivity index (χ4v) is 6.10. The smallest absolute Gasteiger partial charge is 0.325 e. The molecule has 3 rings (SSSR count). The molecule has 1 spiro atoms. The van der Waals surface area contributed by atoms with Crippen LogP contribution in [0.5, 0.6) is 5.75 Å². The molecule has 1 aromatic rings. The van der Waals surface area contributed by atoms with Crippen molar-refractivity contribution in [1.82, 2.24) is 14.7 Å². The van der Waals surface area contributed by atoms with Crippen molar-refractivity contribution < 1.29 is 23.8 Å². The van der Waals surface area contributed by atoms with Crippen LogP contribution in [0.3, 0.4) is 0 Å². The van der Waals surface area contributed by atoms with Crippen molar-refractivity contribution in [1.29, 1.82) is 0 Å². The van der Waals surface area contributed by atoms with E-state index < -0.39 is 0 Å². The normalized spacial score (nSPS) is 18.5. The average molecular weight is 612 g/mol. The van der Waals surface area contributed by atoms with Gasteiger partial charge in [-0.25, -0.2) is 4.79 Å². The van der Waals surface area contributed by atoms with E-state index in [1.807, 2.05) is 44.7 Å². The molecule has 1 atom stereocenters. The molecule has 2 aliphatic heterocycles. The van der Waals surface area contributed by atoms with Crippen molar-refractivity contribution >= 4 is 12.3 Å². The Morgan fingerprint density at radius 1 is 1.05 bits per heavy atom. The van der Waals surface area contributed by atoms with Crippen LogP contribution in [0.2, 0.25) is 0 Å².